The second-order valence-electron chi connectivity index (χ2n) is 4.55. The third kappa shape index (κ3) is 4.79. The fourth-order valence-corrected chi connectivity index (χ4v) is 1.94. The molecule has 0 bridgehead atoms. The van der Waals surface area contributed by atoms with E-state index < -0.39 is 0 Å². The first-order chi connectivity index (χ1) is 9.88. The van der Waals surface area contributed by atoms with Gasteiger partial charge < -0.3 is 10.1 Å². The molecule has 0 saturated heterocycles. The number of nitrogens with one attached hydrogen (secondary N) is 1. The van der Waals surface area contributed by atoms with E-state index in [4.69, 9.17) is 11.2 Å². The smallest absolute Gasteiger partial charge is 0.148 e. The largest absolute Gasteiger partial charge is 0.481 e. The lowest BCUT2D eigenvalue weighted by Crippen LogP contribution is -2.16. The van der Waals surface area contributed by atoms with E-state index in [1.54, 1.807) is 0 Å². The van der Waals surface area contributed by atoms with Crippen molar-refractivity contribution in [2.24, 2.45) is 0 Å². The minimum absolute atomic E-state index is 0.314. The molecule has 0 saturated carbocycles. The van der Waals surface area contributed by atoms with Crippen LogP contribution in [0.2, 0.25) is 0 Å². The van der Waals surface area contributed by atoms with E-state index in [1.165, 1.54) is 11.1 Å². The molecule has 20 heavy (non-hydrogen) atoms. The predicted octanol–water partition coefficient (Wildman–Crippen LogP) is 3.03. The Labute approximate surface area is 120 Å². The molecule has 0 heterocycles. The zero-order chi connectivity index (χ0) is 14.0. The Morgan fingerprint density at radius 1 is 0.950 bits per heavy atom. The maximum atomic E-state index is 5.34. The molecule has 0 unspecified atom stereocenters. The van der Waals surface area contributed by atoms with Gasteiger partial charge in [-0.1, -0.05) is 48.4 Å². The van der Waals surface area contributed by atoms with Crippen LogP contribution < -0.4 is 10.1 Å². The molecule has 1 N–H and O–H groups in total. The highest BCUT2D eigenvalue weighted by Gasteiger charge is 1.96. The van der Waals surface area contributed by atoms with Crippen molar-refractivity contribution in [2.75, 3.05) is 13.2 Å². The van der Waals surface area contributed by atoms with Crippen LogP contribution >= 0.6 is 0 Å². The van der Waals surface area contributed by atoms with Gasteiger partial charge in [0, 0.05) is 6.54 Å². The Bertz CT molecular complexity index is 540. The molecule has 2 aromatic carbocycles. The van der Waals surface area contributed by atoms with Crippen LogP contribution in [0.3, 0.4) is 0 Å². The summed E-state index contributed by atoms with van der Waals surface area (Å²) in [5.41, 5.74) is 2.60. The van der Waals surface area contributed by atoms with Crippen LogP contribution in [0, 0.1) is 12.3 Å². The second kappa shape index (κ2) is 8.04. The van der Waals surface area contributed by atoms with Crippen molar-refractivity contribution in [3.63, 3.8) is 0 Å². The number of hydrogen-bond acceptors (Lipinski definition) is 2. The fourth-order valence-electron chi connectivity index (χ4n) is 1.94. The van der Waals surface area contributed by atoms with E-state index in [0.717, 1.165) is 25.3 Å². The number of terminal acetylenes is 1. The highest BCUT2D eigenvalue weighted by molar-refractivity contribution is 5.27. The lowest BCUT2D eigenvalue weighted by molar-refractivity contribution is 0.370. The van der Waals surface area contributed by atoms with Crippen molar-refractivity contribution in [1.29, 1.82) is 0 Å². The zero-order valence-electron chi connectivity index (χ0n) is 11.5. The van der Waals surface area contributed by atoms with Gasteiger partial charge in [-0.3, -0.25) is 0 Å². The van der Waals surface area contributed by atoms with Gasteiger partial charge >= 0.3 is 0 Å². The van der Waals surface area contributed by atoms with Crippen molar-refractivity contribution in [1.82, 2.24) is 5.32 Å². The second-order valence-corrected chi connectivity index (χ2v) is 4.55. The van der Waals surface area contributed by atoms with Crippen LogP contribution in [-0.4, -0.2) is 13.2 Å². The van der Waals surface area contributed by atoms with E-state index in [0.29, 0.717) is 6.61 Å². The molecule has 0 aliphatic rings. The summed E-state index contributed by atoms with van der Waals surface area (Å²) >= 11 is 0. The molecule has 0 aliphatic heterocycles. The van der Waals surface area contributed by atoms with Crippen LogP contribution in [0.25, 0.3) is 0 Å². The molecule has 0 aromatic heterocycles. The van der Waals surface area contributed by atoms with Crippen LogP contribution in [0.1, 0.15) is 11.1 Å². The van der Waals surface area contributed by atoms with Gasteiger partial charge in [0.1, 0.15) is 12.4 Å². The maximum absolute atomic E-state index is 5.34. The molecule has 0 fully saturated rings. The highest BCUT2D eigenvalue weighted by Crippen LogP contribution is 2.11. The topological polar surface area (TPSA) is 21.3 Å². The molecular weight excluding hydrogens is 246 g/mol. The average molecular weight is 265 g/mol. The first-order valence-corrected chi connectivity index (χ1v) is 6.78. The minimum atomic E-state index is 0.314. The molecule has 2 aromatic rings. The molecular formula is C18H19NO. The maximum Gasteiger partial charge on any atom is 0.148 e. The van der Waals surface area contributed by atoms with Crippen LogP contribution in [-0.2, 0) is 13.0 Å². The standard InChI is InChI=1S/C18H19NO/c1-2-14-20-18-10-8-17(9-11-18)15-19-13-12-16-6-4-3-5-7-16/h1,3-11,19H,12-15H2. The fraction of sp³-hybridized carbons (Fsp3) is 0.222. The van der Waals surface area contributed by atoms with Crippen LogP contribution in [0.15, 0.2) is 54.6 Å². The van der Waals surface area contributed by atoms with Gasteiger partial charge in [0.15, 0.2) is 0 Å². The summed E-state index contributed by atoms with van der Waals surface area (Å²) in [7, 11) is 0. The normalized spacial score (nSPS) is 9.95. The van der Waals surface area contributed by atoms with Crippen LogP contribution in [0.5, 0.6) is 5.75 Å². The lowest BCUT2D eigenvalue weighted by atomic mass is 10.1. The van der Waals surface area contributed by atoms with Crippen LogP contribution in [0.4, 0.5) is 0 Å². The number of benzene rings is 2. The van der Waals surface area contributed by atoms with Crippen molar-refractivity contribution >= 4 is 0 Å². The molecule has 0 spiro atoms. The minimum Gasteiger partial charge on any atom is -0.481 e. The lowest BCUT2D eigenvalue weighted by Gasteiger charge is -2.07. The molecule has 0 atom stereocenters. The van der Waals surface area contributed by atoms with Gasteiger partial charge in [0.05, 0.1) is 0 Å². The molecule has 0 amide bonds. The summed E-state index contributed by atoms with van der Waals surface area (Å²) in [4.78, 5) is 0. The first kappa shape index (κ1) is 14.2. The molecule has 2 nitrogen and oxygen atoms in total. The summed E-state index contributed by atoms with van der Waals surface area (Å²) in [5, 5.41) is 3.44. The zero-order valence-corrected chi connectivity index (χ0v) is 11.5. The van der Waals surface area contributed by atoms with Crippen molar-refractivity contribution in [2.45, 2.75) is 13.0 Å². The first-order valence-electron chi connectivity index (χ1n) is 6.78. The van der Waals surface area contributed by atoms with Crippen molar-refractivity contribution in [3.8, 4) is 18.1 Å². The highest BCUT2D eigenvalue weighted by atomic mass is 16.5. The summed E-state index contributed by atoms with van der Waals surface area (Å²) < 4.78 is 5.34. The molecule has 0 aliphatic carbocycles. The Kier molecular flexibility index (Phi) is 5.70. The van der Waals surface area contributed by atoms with Crippen molar-refractivity contribution in [3.05, 3.63) is 65.7 Å². The summed E-state index contributed by atoms with van der Waals surface area (Å²) in [6.45, 7) is 2.15. The SMILES string of the molecule is C#CCOc1ccc(CNCCc2ccccc2)cc1. The van der Waals surface area contributed by atoms with E-state index in [2.05, 4.69) is 47.6 Å². The number of hydrogen-bond donors (Lipinski definition) is 1. The Balaban J connectivity index is 1.70. The Hall–Kier alpha value is -2.24. The van der Waals surface area contributed by atoms with Gasteiger partial charge in [0.25, 0.3) is 0 Å². The van der Waals surface area contributed by atoms with Gasteiger partial charge in [-0.15, -0.1) is 6.42 Å². The van der Waals surface area contributed by atoms with Gasteiger partial charge in [-0.2, -0.15) is 0 Å². The Morgan fingerprint density at radius 2 is 1.70 bits per heavy atom. The predicted molar refractivity (Wildman–Crippen MR) is 82.6 cm³/mol. The van der Waals surface area contributed by atoms with Crippen molar-refractivity contribution < 1.29 is 4.74 Å². The third-order valence-corrected chi connectivity index (χ3v) is 3.01. The van der Waals surface area contributed by atoms with Gasteiger partial charge in [-0.05, 0) is 36.2 Å². The quantitative estimate of drug-likeness (QED) is 0.614. The van der Waals surface area contributed by atoms with E-state index in [-0.39, 0.29) is 0 Å². The summed E-state index contributed by atoms with van der Waals surface area (Å²) in [6, 6.07) is 18.5. The van der Waals surface area contributed by atoms with E-state index in [1.807, 2.05) is 18.2 Å². The summed E-state index contributed by atoms with van der Waals surface area (Å²) in [6.07, 6.45) is 6.20. The molecule has 2 heteroatoms. The number of ether oxygens (including phenoxy) is 1. The van der Waals surface area contributed by atoms with E-state index in [9.17, 15) is 0 Å². The van der Waals surface area contributed by atoms with Gasteiger partial charge in [0.2, 0.25) is 0 Å². The Morgan fingerprint density at radius 3 is 2.40 bits per heavy atom. The number of rotatable bonds is 7. The van der Waals surface area contributed by atoms with Gasteiger partial charge in [-0.25, -0.2) is 0 Å². The van der Waals surface area contributed by atoms with E-state index >= 15 is 0 Å². The monoisotopic (exact) mass is 265 g/mol. The summed E-state index contributed by atoms with van der Waals surface area (Å²) in [5.74, 6) is 3.27. The average Bonchev–Trinajstić information content (AvgIpc) is 2.52. The molecule has 2 rings (SSSR count). The third-order valence-electron chi connectivity index (χ3n) is 3.01. The molecule has 0 radical (unpaired) electrons. The molecule has 102 valence electrons.